The summed E-state index contributed by atoms with van der Waals surface area (Å²) in [5.74, 6) is 5.49. The highest BCUT2D eigenvalue weighted by molar-refractivity contribution is 6.30. The summed E-state index contributed by atoms with van der Waals surface area (Å²) in [5, 5.41) is 0.739. The summed E-state index contributed by atoms with van der Waals surface area (Å²) in [7, 11) is 0. The zero-order valence-corrected chi connectivity index (χ0v) is 9.84. The van der Waals surface area contributed by atoms with Crippen LogP contribution in [0.3, 0.4) is 0 Å². The molecule has 15 heavy (non-hydrogen) atoms. The minimum absolute atomic E-state index is 0.0159. The first kappa shape index (κ1) is 12.5. The minimum atomic E-state index is 0.0159. The van der Waals surface area contributed by atoms with Crippen molar-refractivity contribution in [1.29, 1.82) is 0 Å². The van der Waals surface area contributed by atoms with Crippen LogP contribution in [0.5, 0.6) is 0 Å². The molecule has 3 nitrogen and oxygen atoms in total. The Morgan fingerprint density at radius 2 is 2.27 bits per heavy atom. The second kappa shape index (κ2) is 6.08. The largest absolute Gasteiger partial charge is 0.380 e. The van der Waals surface area contributed by atoms with Gasteiger partial charge >= 0.3 is 0 Å². The fourth-order valence-electron chi connectivity index (χ4n) is 1.49. The van der Waals surface area contributed by atoms with Crippen molar-refractivity contribution in [2.75, 3.05) is 13.2 Å². The molecule has 4 heteroatoms. The van der Waals surface area contributed by atoms with Crippen LogP contribution in [0.1, 0.15) is 24.1 Å². The molecule has 0 spiro atoms. The number of nitrogens with two attached hydrogens (primary N) is 1. The van der Waals surface area contributed by atoms with E-state index in [1.165, 1.54) is 0 Å². The summed E-state index contributed by atoms with van der Waals surface area (Å²) in [4.78, 5) is 0. The van der Waals surface area contributed by atoms with Crippen molar-refractivity contribution in [1.82, 2.24) is 5.43 Å². The van der Waals surface area contributed by atoms with Crippen LogP contribution >= 0.6 is 11.6 Å². The molecule has 0 aromatic heterocycles. The molecule has 3 N–H and O–H groups in total. The minimum Gasteiger partial charge on any atom is -0.380 e. The van der Waals surface area contributed by atoms with Crippen LogP contribution in [0.15, 0.2) is 18.2 Å². The number of rotatable bonds is 5. The molecule has 0 bridgehead atoms. The lowest BCUT2D eigenvalue weighted by Crippen LogP contribution is -2.31. The van der Waals surface area contributed by atoms with Gasteiger partial charge in [-0.05, 0) is 37.1 Å². The first-order valence-corrected chi connectivity index (χ1v) is 5.36. The Morgan fingerprint density at radius 3 is 2.80 bits per heavy atom. The molecule has 0 saturated carbocycles. The summed E-state index contributed by atoms with van der Waals surface area (Å²) >= 11 is 5.89. The molecule has 0 fully saturated rings. The number of halogens is 1. The molecule has 0 amide bonds. The molecule has 0 aliphatic heterocycles. The third-order valence-electron chi connectivity index (χ3n) is 2.30. The van der Waals surface area contributed by atoms with Crippen LogP contribution in [-0.2, 0) is 4.74 Å². The Bertz CT molecular complexity index is 317. The standard InChI is InChI=1S/C11H17ClN2O/c1-3-15-7-11(14-13)10-5-4-9(12)6-8(10)2/h4-6,11,14H,3,7,13H2,1-2H3. The molecular formula is C11H17ClN2O. The van der Waals surface area contributed by atoms with Gasteiger partial charge in [-0.15, -0.1) is 0 Å². The molecule has 1 aromatic carbocycles. The van der Waals surface area contributed by atoms with Crippen LogP contribution in [0.2, 0.25) is 5.02 Å². The van der Waals surface area contributed by atoms with E-state index in [1.807, 2.05) is 32.0 Å². The summed E-state index contributed by atoms with van der Waals surface area (Å²) in [6.07, 6.45) is 0. The zero-order valence-electron chi connectivity index (χ0n) is 9.09. The second-order valence-electron chi connectivity index (χ2n) is 3.38. The lowest BCUT2D eigenvalue weighted by Gasteiger charge is -2.18. The van der Waals surface area contributed by atoms with E-state index in [0.717, 1.165) is 16.1 Å². The maximum atomic E-state index is 5.89. The fraction of sp³-hybridized carbons (Fsp3) is 0.455. The Kier molecular flexibility index (Phi) is 5.05. The average Bonchev–Trinajstić information content (AvgIpc) is 2.21. The van der Waals surface area contributed by atoms with Crippen molar-refractivity contribution < 1.29 is 4.74 Å². The fourth-order valence-corrected chi connectivity index (χ4v) is 1.72. The van der Waals surface area contributed by atoms with Crippen molar-refractivity contribution >= 4 is 11.6 Å². The quantitative estimate of drug-likeness (QED) is 0.600. The van der Waals surface area contributed by atoms with Gasteiger partial charge in [0.25, 0.3) is 0 Å². The van der Waals surface area contributed by atoms with E-state index in [-0.39, 0.29) is 6.04 Å². The van der Waals surface area contributed by atoms with Crippen LogP contribution < -0.4 is 11.3 Å². The lowest BCUT2D eigenvalue weighted by molar-refractivity contribution is 0.123. The summed E-state index contributed by atoms with van der Waals surface area (Å²) < 4.78 is 5.35. The van der Waals surface area contributed by atoms with E-state index in [2.05, 4.69) is 5.43 Å². The van der Waals surface area contributed by atoms with E-state index >= 15 is 0 Å². The second-order valence-corrected chi connectivity index (χ2v) is 3.82. The number of hydrogen-bond donors (Lipinski definition) is 2. The topological polar surface area (TPSA) is 47.3 Å². The highest BCUT2D eigenvalue weighted by Crippen LogP contribution is 2.21. The number of aryl methyl sites for hydroxylation is 1. The first-order valence-electron chi connectivity index (χ1n) is 4.99. The number of nitrogens with one attached hydrogen (secondary N) is 1. The molecule has 0 aliphatic rings. The van der Waals surface area contributed by atoms with Gasteiger partial charge in [-0.1, -0.05) is 17.7 Å². The Labute approximate surface area is 95.5 Å². The average molecular weight is 229 g/mol. The van der Waals surface area contributed by atoms with Gasteiger partial charge in [0.1, 0.15) is 0 Å². The van der Waals surface area contributed by atoms with Crippen LogP contribution in [0.4, 0.5) is 0 Å². The maximum absolute atomic E-state index is 5.89. The maximum Gasteiger partial charge on any atom is 0.0696 e. The van der Waals surface area contributed by atoms with E-state index < -0.39 is 0 Å². The van der Waals surface area contributed by atoms with Gasteiger partial charge in [0, 0.05) is 11.6 Å². The number of hydrogen-bond acceptors (Lipinski definition) is 3. The van der Waals surface area contributed by atoms with Gasteiger partial charge in [0.15, 0.2) is 0 Å². The molecule has 1 atom stereocenters. The van der Waals surface area contributed by atoms with E-state index in [1.54, 1.807) is 0 Å². The van der Waals surface area contributed by atoms with Crippen LogP contribution in [0, 0.1) is 6.92 Å². The van der Waals surface area contributed by atoms with E-state index in [0.29, 0.717) is 13.2 Å². The molecule has 0 saturated heterocycles. The van der Waals surface area contributed by atoms with E-state index in [9.17, 15) is 0 Å². The van der Waals surface area contributed by atoms with Gasteiger partial charge in [-0.3, -0.25) is 11.3 Å². The van der Waals surface area contributed by atoms with Crippen molar-refractivity contribution in [3.05, 3.63) is 34.3 Å². The molecule has 84 valence electrons. The van der Waals surface area contributed by atoms with Crippen molar-refractivity contribution in [3.63, 3.8) is 0 Å². The summed E-state index contributed by atoms with van der Waals surface area (Å²) in [5.41, 5.74) is 4.98. The summed E-state index contributed by atoms with van der Waals surface area (Å²) in [6.45, 7) is 5.22. The van der Waals surface area contributed by atoms with Gasteiger partial charge in [-0.2, -0.15) is 0 Å². The third-order valence-corrected chi connectivity index (χ3v) is 2.53. The number of benzene rings is 1. The summed E-state index contributed by atoms with van der Waals surface area (Å²) in [6, 6.07) is 5.77. The molecule has 0 radical (unpaired) electrons. The molecular weight excluding hydrogens is 212 g/mol. The molecule has 0 heterocycles. The molecule has 1 aromatic rings. The lowest BCUT2D eigenvalue weighted by atomic mass is 10.0. The monoisotopic (exact) mass is 228 g/mol. The normalized spacial score (nSPS) is 12.8. The highest BCUT2D eigenvalue weighted by atomic mass is 35.5. The Morgan fingerprint density at radius 1 is 1.53 bits per heavy atom. The van der Waals surface area contributed by atoms with E-state index in [4.69, 9.17) is 22.2 Å². The molecule has 1 unspecified atom stereocenters. The van der Waals surface area contributed by atoms with Gasteiger partial charge in [-0.25, -0.2) is 0 Å². The van der Waals surface area contributed by atoms with Gasteiger partial charge in [0.2, 0.25) is 0 Å². The highest BCUT2D eigenvalue weighted by Gasteiger charge is 2.12. The zero-order chi connectivity index (χ0) is 11.3. The van der Waals surface area contributed by atoms with Crippen molar-refractivity contribution in [2.45, 2.75) is 19.9 Å². The predicted octanol–water partition coefficient (Wildman–Crippen LogP) is 2.19. The smallest absolute Gasteiger partial charge is 0.0696 e. The first-order chi connectivity index (χ1) is 7.19. The van der Waals surface area contributed by atoms with Gasteiger partial charge < -0.3 is 4.74 Å². The van der Waals surface area contributed by atoms with Crippen LogP contribution in [0.25, 0.3) is 0 Å². The molecule has 1 rings (SSSR count). The van der Waals surface area contributed by atoms with Gasteiger partial charge in [0.05, 0.1) is 12.6 Å². The molecule has 0 aliphatic carbocycles. The third kappa shape index (κ3) is 3.47. The number of ether oxygens (including phenoxy) is 1. The SMILES string of the molecule is CCOCC(NN)c1ccc(Cl)cc1C. The van der Waals surface area contributed by atoms with Crippen molar-refractivity contribution in [3.8, 4) is 0 Å². The van der Waals surface area contributed by atoms with Crippen molar-refractivity contribution in [2.24, 2.45) is 5.84 Å². The Hall–Kier alpha value is -0.610. The van der Waals surface area contributed by atoms with Crippen LogP contribution in [-0.4, -0.2) is 13.2 Å². The number of hydrazine groups is 1. The Balaban J connectivity index is 2.81. The predicted molar refractivity (Wildman–Crippen MR) is 62.7 cm³/mol.